The van der Waals surface area contributed by atoms with Crippen molar-refractivity contribution in [3.63, 3.8) is 0 Å². The van der Waals surface area contributed by atoms with E-state index in [9.17, 15) is 4.79 Å². The average molecular weight is 354 g/mol. The summed E-state index contributed by atoms with van der Waals surface area (Å²) >= 11 is 1.42. The fraction of sp³-hybridized carbons (Fsp3) is 0.158. The van der Waals surface area contributed by atoms with E-state index < -0.39 is 0 Å². The Labute approximate surface area is 150 Å². The second kappa shape index (κ2) is 7.81. The van der Waals surface area contributed by atoms with E-state index in [2.05, 4.69) is 4.98 Å². The van der Waals surface area contributed by atoms with E-state index >= 15 is 0 Å². The second-order valence-electron chi connectivity index (χ2n) is 5.30. The third-order valence-corrected chi connectivity index (χ3v) is 4.22. The lowest BCUT2D eigenvalue weighted by molar-refractivity contribution is 0.0526. The SMILES string of the molecule is CCOC(=O)c1ccc(COc2ccc(-c3csc(N)n3)cc2)cc1. The minimum Gasteiger partial charge on any atom is -0.489 e. The van der Waals surface area contributed by atoms with Gasteiger partial charge in [0.2, 0.25) is 0 Å². The number of carbonyl (C=O) groups is 1. The van der Waals surface area contributed by atoms with Gasteiger partial charge in [-0.05, 0) is 48.9 Å². The van der Waals surface area contributed by atoms with E-state index in [1.54, 1.807) is 19.1 Å². The summed E-state index contributed by atoms with van der Waals surface area (Å²) < 4.78 is 10.7. The first kappa shape index (κ1) is 17.0. The fourth-order valence-electron chi connectivity index (χ4n) is 2.26. The molecule has 0 atom stereocenters. The molecule has 0 fully saturated rings. The number of ether oxygens (including phenoxy) is 2. The lowest BCUT2D eigenvalue weighted by Crippen LogP contribution is -2.04. The van der Waals surface area contributed by atoms with Gasteiger partial charge in [-0.1, -0.05) is 12.1 Å². The highest BCUT2D eigenvalue weighted by Crippen LogP contribution is 2.25. The Morgan fingerprint density at radius 2 is 1.84 bits per heavy atom. The van der Waals surface area contributed by atoms with Crippen LogP contribution in [-0.2, 0) is 11.3 Å². The van der Waals surface area contributed by atoms with Crippen LogP contribution in [0.5, 0.6) is 5.75 Å². The maximum Gasteiger partial charge on any atom is 0.338 e. The molecular formula is C19H18N2O3S. The number of esters is 1. The molecule has 0 bridgehead atoms. The van der Waals surface area contributed by atoms with E-state index in [0.29, 0.717) is 23.9 Å². The maximum atomic E-state index is 11.6. The highest BCUT2D eigenvalue weighted by atomic mass is 32.1. The van der Waals surface area contributed by atoms with Gasteiger partial charge in [0.05, 0.1) is 17.9 Å². The molecule has 0 spiro atoms. The number of thiazole rings is 1. The Morgan fingerprint density at radius 1 is 1.12 bits per heavy atom. The normalized spacial score (nSPS) is 10.4. The Kier molecular flexibility index (Phi) is 5.30. The molecule has 0 aliphatic heterocycles. The molecule has 128 valence electrons. The van der Waals surface area contributed by atoms with Crippen LogP contribution in [-0.4, -0.2) is 17.6 Å². The standard InChI is InChI=1S/C19H18N2O3S/c1-2-23-18(22)15-5-3-13(4-6-15)11-24-16-9-7-14(8-10-16)17-12-25-19(20)21-17/h3-10,12H,2,11H2,1H3,(H2,20,21). The van der Waals surface area contributed by atoms with E-state index in [0.717, 1.165) is 22.6 Å². The maximum absolute atomic E-state index is 11.6. The molecule has 0 saturated carbocycles. The molecule has 1 heterocycles. The summed E-state index contributed by atoms with van der Waals surface area (Å²) in [5.41, 5.74) is 9.04. The summed E-state index contributed by atoms with van der Waals surface area (Å²) in [4.78, 5) is 15.9. The highest BCUT2D eigenvalue weighted by molar-refractivity contribution is 7.13. The number of hydrogen-bond donors (Lipinski definition) is 1. The lowest BCUT2D eigenvalue weighted by Gasteiger charge is -2.08. The molecule has 2 N–H and O–H groups in total. The molecule has 5 nitrogen and oxygen atoms in total. The van der Waals surface area contributed by atoms with E-state index in [4.69, 9.17) is 15.2 Å². The molecule has 0 aliphatic carbocycles. The summed E-state index contributed by atoms with van der Waals surface area (Å²) in [6.07, 6.45) is 0. The van der Waals surface area contributed by atoms with E-state index in [-0.39, 0.29) is 5.97 Å². The first-order valence-corrected chi connectivity index (χ1v) is 8.74. The van der Waals surface area contributed by atoms with Crippen LogP contribution in [0.1, 0.15) is 22.8 Å². The number of benzene rings is 2. The van der Waals surface area contributed by atoms with Crippen LogP contribution >= 0.6 is 11.3 Å². The van der Waals surface area contributed by atoms with Crippen LogP contribution in [0.25, 0.3) is 11.3 Å². The Hall–Kier alpha value is -2.86. The minimum absolute atomic E-state index is 0.312. The number of aromatic nitrogens is 1. The molecule has 1 aromatic heterocycles. The Morgan fingerprint density at radius 3 is 2.44 bits per heavy atom. The van der Waals surface area contributed by atoms with Gasteiger partial charge in [-0.3, -0.25) is 0 Å². The molecule has 2 aromatic carbocycles. The van der Waals surface area contributed by atoms with Gasteiger partial charge in [0, 0.05) is 10.9 Å². The summed E-state index contributed by atoms with van der Waals surface area (Å²) in [5.74, 6) is 0.453. The van der Waals surface area contributed by atoms with Gasteiger partial charge < -0.3 is 15.2 Å². The highest BCUT2D eigenvalue weighted by Gasteiger charge is 2.06. The van der Waals surface area contributed by atoms with Gasteiger partial charge in [0.1, 0.15) is 12.4 Å². The Balaban J connectivity index is 1.59. The number of nitrogen functional groups attached to an aromatic ring is 1. The molecule has 0 radical (unpaired) electrons. The molecule has 3 aromatic rings. The number of rotatable bonds is 6. The second-order valence-corrected chi connectivity index (χ2v) is 6.19. The van der Waals surface area contributed by atoms with Crippen molar-refractivity contribution in [2.75, 3.05) is 12.3 Å². The third-order valence-electron chi connectivity index (χ3n) is 3.54. The van der Waals surface area contributed by atoms with Gasteiger partial charge in [-0.15, -0.1) is 11.3 Å². The number of nitrogens with two attached hydrogens (primary N) is 1. The van der Waals surface area contributed by atoms with Crippen molar-refractivity contribution in [3.8, 4) is 17.0 Å². The Bertz CT molecular complexity index is 842. The molecular weight excluding hydrogens is 336 g/mol. The van der Waals surface area contributed by atoms with Crippen LogP contribution in [0, 0.1) is 0 Å². The van der Waals surface area contributed by atoms with Crippen molar-refractivity contribution in [3.05, 3.63) is 65.0 Å². The zero-order valence-electron chi connectivity index (χ0n) is 13.8. The summed E-state index contributed by atoms with van der Waals surface area (Å²) in [5, 5.41) is 2.48. The van der Waals surface area contributed by atoms with Gasteiger partial charge in [-0.2, -0.15) is 0 Å². The zero-order chi connectivity index (χ0) is 17.6. The molecule has 0 amide bonds. The molecule has 6 heteroatoms. The van der Waals surface area contributed by atoms with Gasteiger partial charge in [0.15, 0.2) is 5.13 Å². The van der Waals surface area contributed by atoms with Crippen molar-refractivity contribution < 1.29 is 14.3 Å². The van der Waals surface area contributed by atoms with Crippen molar-refractivity contribution in [2.24, 2.45) is 0 Å². The third kappa shape index (κ3) is 4.36. The lowest BCUT2D eigenvalue weighted by atomic mass is 10.1. The monoisotopic (exact) mass is 354 g/mol. The fourth-order valence-corrected chi connectivity index (χ4v) is 2.83. The van der Waals surface area contributed by atoms with Crippen LogP contribution in [0.15, 0.2) is 53.9 Å². The molecule has 3 rings (SSSR count). The van der Waals surface area contributed by atoms with Gasteiger partial charge in [-0.25, -0.2) is 9.78 Å². The largest absolute Gasteiger partial charge is 0.489 e. The average Bonchev–Trinajstić information content (AvgIpc) is 3.07. The van der Waals surface area contributed by atoms with E-state index in [1.807, 2.05) is 41.8 Å². The first-order chi connectivity index (χ1) is 12.2. The first-order valence-electron chi connectivity index (χ1n) is 7.86. The van der Waals surface area contributed by atoms with Crippen LogP contribution in [0.4, 0.5) is 5.13 Å². The molecule has 0 saturated heterocycles. The molecule has 0 aliphatic rings. The van der Waals surface area contributed by atoms with Gasteiger partial charge >= 0.3 is 5.97 Å². The summed E-state index contributed by atoms with van der Waals surface area (Å²) in [6, 6.07) is 14.9. The minimum atomic E-state index is -0.312. The summed E-state index contributed by atoms with van der Waals surface area (Å²) in [6.45, 7) is 2.58. The van der Waals surface area contributed by atoms with Crippen molar-refractivity contribution >= 4 is 22.4 Å². The van der Waals surface area contributed by atoms with Crippen molar-refractivity contribution in [1.29, 1.82) is 0 Å². The quantitative estimate of drug-likeness (QED) is 0.673. The molecule has 0 unspecified atom stereocenters. The van der Waals surface area contributed by atoms with Crippen LogP contribution < -0.4 is 10.5 Å². The van der Waals surface area contributed by atoms with E-state index in [1.165, 1.54) is 11.3 Å². The summed E-state index contributed by atoms with van der Waals surface area (Å²) in [7, 11) is 0. The number of carbonyl (C=O) groups excluding carboxylic acids is 1. The smallest absolute Gasteiger partial charge is 0.338 e. The topological polar surface area (TPSA) is 74.4 Å². The number of nitrogens with zero attached hydrogens (tertiary/aromatic N) is 1. The number of anilines is 1. The predicted molar refractivity (Wildman–Crippen MR) is 98.7 cm³/mol. The van der Waals surface area contributed by atoms with Crippen LogP contribution in [0.3, 0.4) is 0 Å². The predicted octanol–water partition coefficient (Wildman–Crippen LogP) is 4.15. The van der Waals surface area contributed by atoms with Crippen molar-refractivity contribution in [2.45, 2.75) is 13.5 Å². The molecule has 25 heavy (non-hydrogen) atoms. The number of hydrogen-bond acceptors (Lipinski definition) is 6. The zero-order valence-corrected chi connectivity index (χ0v) is 14.6. The van der Waals surface area contributed by atoms with Crippen molar-refractivity contribution in [1.82, 2.24) is 4.98 Å². The van der Waals surface area contributed by atoms with Gasteiger partial charge in [0.25, 0.3) is 0 Å². The van der Waals surface area contributed by atoms with Crippen LogP contribution in [0.2, 0.25) is 0 Å².